The molecule has 9 heteroatoms. The monoisotopic (exact) mass is 446 g/mol. The number of nitrogens with one attached hydrogen (secondary N) is 1. The summed E-state index contributed by atoms with van der Waals surface area (Å²) in [5.74, 6) is 2.15. The number of benzene rings is 2. The lowest BCUT2D eigenvalue weighted by molar-refractivity contribution is 0.263. The Hall–Kier alpha value is -3.72. The first-order valence-electron chi connectivity index (χ1n) is 11.0. The summed E-state index contributed by atoms with van der Waals surface area (Å²) in [6, 6.07) is 15.1. The molecule has 1 atom stereocenters. The normalized spacial score (nSPS) is 15.1. The van der Waals surface area contributed by atoms with E-state index in [1.54, 1.807) is 18.9 Å². The Bertz CT molecular complexity index is 1310. The standard InChI is InChI=1S/C24H26N6O3/c1-32-18-8-5-16(6-9-18)15-30-23(26-27-28-30)22(29-11-3-4-12-29)20-13-17-7-10-19(33-2)14-21(17)25-24(20)31/h5-10,13-14,22H,3-4,11-12,15H2,1-2H3,(H,25,31). The Morgan fingerprint density at radius 3 is 2.45 bits per heavy atom. The smallest absolute Gasteiger partial charge is 0.253 e. The lowest BCUT2D eigenvalue weighted by Gasteiger charge is -2.26. The van der Waals surface area contributed by atoms with Crippen molar-refractivity contribution in [1.82, 2.24) is 30.1 Å². The average molecular weight is 447 g/mol. The molecule has 1 aliphatic rings. The molecule has 0 amide bonds. The van der Waals surface area contributed by atoms with E-state index in [2.05, 4.69) is 25.4 Å². The van der Waals surface area contributed by atoms with Crippen LogP contribution in [0, 0.1) is 0 Å². The van der Waals surface area contributed by atoms with E-state index in [-0.39, 0.29) is 11.6 Å². The van der Waals surface area contributed by atoms with Crippen molar-refractivity contribution in [3.05, 3.63) is 75.8 Å². The van der Waals surface area contributed by atoms with Gasteiger partial charge in [-0.25, -0.2) is 4.68 Å². The molecule has 2 aromatic carbocycles. The molecule has 1 fully saturated rings. The molecule has 0 saturated carbocycles. The van der Waals surface area contributed by atoms with Crippen LogP contribution in [0.15, 0.2) is 53.3 Å². The third kappa shape index (κ3) is 4.19. The molecular formula is C24H26N6O3. The van der Waals surface area contributed by atoms with Crippen molar-refractivity contribution in [3.8, 4) is 11.5 Å². The first-order valence-corrected chi connectivity index (χ1v) is 11.0. The zero-order valence-electron chi connectivity index (χ0n) is 18.7. The molecule has 170 valence electrons. The fourth-order valence-corrected chi connectivity index (χ4v) is 4.45. The molecule has 0 bridgehead atoms. The molecule has 1 unspecified atom stereocenters. The predicted molar refractivity (Wildman–Crippen MR) is 124 cm³/mol. The van der Waals surface area contributed by atoms with Crippen LogP contribution in [-0.2, 0) is 6.54 Å². The highest BCUT2D eigenvalue weighted by atomic mass is 16.5. The number of likely N-dealkylation sites (tertiary alicyclic amines) is 1. The highest BCUT2D eigenvalue weighted by molar-refractivity contribution is 5.80. The minimum atomic E-state index is -0.337. The fourth-order valence-electron chi connectivity index (χ4n) is 4.45. The summed E-state index contributed by atoms with van der Waals surface area (Å²) in [7, 11) is 3.26. The minimum absolute atomic E-state index is 0.147. The van der Waals surface area contributed by atoms with Crippen molar-refractivity contribution in [2.45, 2.75) is 25.4 Å². The summed E-state index contributed by atoms with van der Waals surface area (Å²) in [5, 5.41) is 13.5. The number of nitrogens with zero attached hydrogens (tertiary/aromatic N) is 5. The van der Waals surface area contributed by atoms with E-state index in [0.717, 1.165) is 48.1 Å². The van der Waals surface area contributed by atoms with Gasteiger partial charge in [0.2, 0.25) is 0 Å². The Balaban J connectivity index is 1.57. The topological polar surface area (TPSA) is 98.2 Å². The zero-order valence-corrected chi connectivity index (χ0v) is 18.7. The quantitative estimate of drug-likeness (QED) is 0.466. The van der Waals surface area contributed by atoms with Crippen molar-refractivity contribution in [1.29, 1.82) is 0 Å². The van der Waals surface area contributed by atoms with Gasteiger partial charge >= 0.3 is 0 Å². The minimum Gasteiger partial charge on any atom is -0.497 e. The van der Waals surface area contributed by atoms with Gasteiger partial charge in [0, 0.05) is 11.6 Å². The van der Waals surface area contributed by atoms with Gasteiger partial charge in [-0.05, 0) is 77.6 Å². The first kappa shape index (κ1) is 21.1. The summed E-state index contributed by atoms with van der Waals surface area (Å²) in [6.07, 6.45) is 2.17. The number of methoxy groups -OCH3 is 2. The lowest BCUT2D eigenvalue weighted by Crippen LogP contribution is -2.33. The highest BCUT2D eigenvalue weighted by Crippen LogP contribution is 2.30. The van der Waals surface area contributed by atoms with Gasteiger partial charge in [-0.15, -0.1) is 5.10 Å². The van der Waals surface area contributed by atoms with Crippen molar-refractivity contribution >= 4 is 10.9 Å². The number of H-pyrrole nitrogens is 1. The second-order valence-corrected chi connectivity index (χ2v) is 8.20. The molecule has 1 aliphatic heterocycles. The van der Waals surface area contributed by atoms with Crippen molar-refractivity contribution in [2.24, 2.45) is 0 Å². The first-order chi connectivity index (χ1) is 16.2. The van der Waals surface area contributed by atoms with E-state index in [1.165, 1.54) is 0 Å². The number of tetrazole rings is 1. The molecule has 9 nitrogen and oxygen atoms in total. The zero-order chi connectivity index (χ0) is 22.8. The van der Waals surface area contributed by atoms with Gasteiger partial charge in [-0.2, -0.15) is 0 Å². The summed E-state index contributed by atoms with van der Waals surface area (Å²) in [4.78, 5) is 18.6. The van der Waals surface area contributed by atoms with E-state index < -0.39 is 0 Å². The van der Waals surface area contributed by atoms with Gasteiger partial charge < -0.3 is 14.5 Å². The van der Waals surface area contributed by atoms with Crippen LogP contribution in [-0.4, -0.2) is 57.4 Å². The number of aromatic nitrogens is 5. The molecular weight excluding hydrogens is 420 g/mol. The van der Waals surface area contributed by atoms with Gasteiger partial charge in [-0.3, -0.25) is 9.69 Å². The maximum Gasteiger partial charge on any atom is 0.253 e. The van der Waals surface area contributed by atoms with Gasteiger partial charge in [0.05, 0.1) is 26.3 Å². The number of hydrogen-bond acceptors (Lipinski definition) is 7. The molecule has 1 saturated heterocycles. The molecule has 0 radical (unpaired) electrons. The van der Waals surface area contributed by atoms with Gasteiger partial charge in [0.25, 0.3) is 5.56 Å². The second kappa shape index (κ2) is 9.03. The maximum absolute atomic E-state index is 13.3. The van der Waals surface area contributed by atoms with Crippen molar-refractivity contribution in [3.63, 3.8) is 0 Å². The second-order valence-electron chi connectivity index (χ2n) is 8.20. The van der Waals surface area contributed by atoms with Gasteiger partial charge in [0.1, 0.15) is 17.5 Å². The van der Waals surface area contributed by atoms with E-state index >= 15 is 0 Å². The Kier molecular flexibility index (Phi) is 5.78. The van der Waals surface area contributed by atoms with E-state index in [1.807, 2.05) is 48.5 Å². The Labute approximate surface area is 190 Å². The number of aromatic amines is 1. The summed E-state index contributed by atoms with van der Waals surface area (Å²) in [6.45, 7) is 2.28. The number of hydrogen-bond donors (Lipinski definition) is 1. The van der Waals surface area contributed by atoms with Crippen LogP contribution in [0.1, 0.15) is 35.8 Å². The number of ether oxygens (including phenoxy) is 2. The molecule has 1 N–H and O–H groups in total. The Morgan fingerprint density at radius 2 is 1.73 bits per heavy atom. The molecule has 3 heterocycles. The molecule has 0 spiro atoms. The average Bonchev–Trinajstić information content (AvgIpc) is 3.53. The SMILES string of the molecule is COc1ccc(Cn2nnnc2C(c2cc3ccc(OC)cc3[nH]c2=O)N2CCCC2)cc1. The molecule has 5 rings (SSSR count). The Morgan fingerprint density at radius 1 is 1.00 bits per heavy atom. The molecule has 0 aliphatic carbocycles. The van der Waals surface area contributed by atoms with E-state index in [0.29, 0.717) is 23.7 Å². The highest BCUT2D eigenvalue weighted by Gasteiger charge is 2.32. The summed E-state index contributed by atoms with van der Waals surface area (Å²) < 4.78 is 12.3. The lowest BCUT2D eigenvalue weighted by atomic mass is 10.0. The van der Waals surface area contributed by atoms with E-state index in [9.17, 15) is 4.79 Å². The van der Waals surface area contributed by atoms with Gasteiger partial charge in [0.15, 0.2) is 5.82 Å². The van der Waals surface area contributed by atoms with Crippen LogP contribution < -0.4 is 15.0 Å². The predicted octanol–water partition coefficient (Wildman–Crippen LogP) is 2.77. The van der Waals surface area contributed by atoms with Crippen LogP contribution >= 0.6 is 0 Å². The number of fused-ring (bicyclic) bond motifs is 1. The van der Waals surface area contributed by atoms with Crippen LogP contribution in [0.2, 0.25) is 0 Å². The van der Waals surface area contributed by atoms with Crippen molar-refractivity contribution in [2.75, 3.05) is 27.3 Å². The maximum atomic E-state index is 13.3. The van der Waals surface area contributed by atoms with E-state index in [4.69, 9.17) is 9.47 Å². The largest absolute Gasteiger partial charge is 0.497 e. The van der Waals surface area contributed by atoms with Gasteiger partial charge in [-0.1, -0.05) is 12.1 Å². The number of pyridine rings is 1. The number of rotatable bonds is 7. The summed E-state index contributed by atoms with van der Waals surface area (Å²) >= 11 is 0. The van der Waals surface area contributed by atoms with Crippen LogP contribution in [0.5, 0.6) is 11.5 Å². The van der Waals surface area contributed by atoms with Crippen LogP contribution in [0.4, 0.5) is 0 Å². The third-order valence-corrected chi connectivity index (χ3v) is 6.18. The molecule has 2 aromatic heterocycles. The fraction of sp³-hybridized carbons (Fsp3) is 0.333. The molecule has 33 heavy (non-hydrogen) atoms. The van der Waals surface area contributed by atoms with Crippen LogP contribution in [0.3, 0.4) is 0 Å². The molecule has 4 aromatic rings. The van der Waals surface area contributed by atoms with Crippen LogP contribution in [0.25, 0.3) is 10.9 Å². The third-order valence-electron chi connectivity index (χ3n) is 6.18. The summed E-state index contributed by atoms with van der Waals surface area (Å²) in [5.41, 5.74) is 2.28. The van der Waals surface area contributed by atoms with Crippen molar-refractivity contribution < 1.29 is 9.47 Å².